The van der Waals surface area contributed by atoms with Crippen molar-refractivity contribution in [2.24, 2.45) is 0 Å². The number of rotatable bonds is 5. The Morgan fingerprint density at radius 3 is 3.06 bits per heavy atom. The molecular weight excluding hydrogens is 282 g/mol. The summed E-state index contributed by atoms with van der Waals surface area (Å²) in [4.78, 5) is 0. The lowest BCUT2D eigenvalue weighted by Crippen LogP contribution is -2.20. The van der Waals surface area contributed by atoms with Gasteiger partial charge in [0.2, 0.25) is 0 Å². The van der Waals surface area contributed by atoms with E-state index < -0.39 is 0 Å². The third kappa shape index (κ3) is 3.69. The highest BCUT2D eigenvalue weighted by Gasteiger charge is 2.12. The van der Waals surface area contributed by atoms with Crippen LogP contribution in [0.25, 0.3) is 0 Å². The molecule has 2 rings (SSSR count). The number of hydrogen-bond donors (Lipinski definition) is 1. The van der Waals surface area contributed by atoms with Crippen molar-refractivity contribution in [1.82, 2.24) is 5.32 Å². The van der Waals surface area contributed by atoms with Crippen LogP contribution in [0.4, 0.5) is 0 Å². The van der Waals surface area contributed by atoms with Crippen LogP contribution in [-0.4, -0.2) is 19.8 Å². The standard InChI is InChI=1S/C13H18BrNO2/c1-10(13-12(14)5-9-17-13)15-6-2-11-3-7-16-8-4-11/h3,5,9-10,15H,2,4,6-8H2,1H3/t10-/m0/s1. The molecular formula is C13H18BrNO2. The Labute approximate surface area is 110 Å². The lowest BCUT2D eigenvalue weighted by molar-refractivity contribution is 0.153. The molecule has 0 saturated carbocycles. The molecule has 0 fully saturated rings. The topological polar surface area (TPSA) is 34.4 Å². The van der Waals surface area contributed by atoms with E-state index in [4.69, 9.17) is 9.15 Å². The van der Waals surface area contributed by atoms with Gasteiger partial charge >= 0.3 is 0 Å². The number of furan rings is 1. The molecule has 0 amide bonds. The smallest absolute Gasteiger partial charge is 0.134 e. The molecule has 2 heterocycles. The Bertz CT molecular complexity index is 387. The maximum Gasteiger partial charge on any atom is 0.134 e. The van der Waals surface area contributed by atoms with Crippen LogP contribution in [0.2, 0.25) is 0 Å². The first-order valence-corrected chi connectivity index (χ1v) is 6.78. The summed E-state index contributed by atoms with van der Waals surface area (Å²) in [6.45, 7) is 4.72. The number of ether oxygens (including phenoxy) is 1. The van der Waals surface area contributed by atoms with Gasteiger partial charge in [-0.3, -0.25) is 0 Å². The molecule has 1 N–H and O–H groups in total. The Balaban J connectivity index is 1.75. The van der Waals surface area contributed by atoms with Crippen LogP contribution >= 0.6 is 15.9 Å². The number of nitrogens with one attached hydrogen (secondary N) is 1. The third-order valence-corrected chi connectivity index (χ3v) is 3.65. The first kappa shape index (κ1) is 12.9. The van der Waals surface area contributed by atoms with E-state index in [0.717, 1.165) is 42.8 Å². The minimum absolute atomic E-state index is 0.236. The molecule has 4 heteroatoms. The summed E-state index contributed by atoms with van der Waals surface area (Å²) < 4.78 is 11.7. The lowest BCUT2D eigenvalue weighted by Gasteiger charge is -2.16. The summed E-state index contributed by atoms with van der Waals surface area (Å²) in [6, 6.07) is 2.16. The van der Waals surface area contributed by atoms with Gasteiger partial charge in [0, 0.05) is 0 Å². The maximum atomic E-state index is 5.42. The molecule has 0 radical (unpaired) electrons. The number of halogens is 1. The van der Waals surface area contributed by atoms with Crippen molar-refractivity contribution in [2.75, 3.05) is 19.8 Å². The summed E-state index contributed by atoms with van der Waals surface area (Å²) in [5, 5.41) is 3.47. The molecule has 0 saturated heterocycles. The van der Waals surface area contributed by atoms with E-state index in [9.17, 15) is 0 Å². The molecule has 0 unspecified atom stereocenters. The van der Waals surface area contributed by atoms with Crippen molar-refractivity contribution >= 4 is 15.9 Å². The molecule has 0 aliphatic carbocycles. The fraction of sp³-hybridized carbons (Fsp3) is 0.538. The average Bonchev–Trinajstić information content (AvgIpc) is 2.77. The van der Waals surface area contributed by atoms with Gasteiger partial charge in [0.1, 0.15) is 5.76 Å². The Kier molecular flexibility index (Phi) is 4.83. The first-order valence-electron chi connectivity index (χ1n) is 5.99. The minimum Gasteiger partial charge on any atom is -0.466 e. The molecule has 94 valence electrons. The highest BCUT2D eigenvalue weighted by Crippen LogP contribution is 2.24. The van der Waals surface area contributed by atoms with Crippen molar-refractivity contribution in [3.63, 3.8) is 0 Å². The molecule has 1 aromatic rings. The first-order chi connectivity index (χ1) is 8.27. The molecule has 0 spiro atoms. The van der Waals surface area contributed by atoms with Crippen LogP contribution in [-0.2, 0) is 4.74 Å². The fourth-order valence-electron chi connectivity index (χ4n) is 1.95. The van der Waals surface area contributed by atoms with E-state index in [2.05, 4.69) is 34.2 Å². The van der Waals surface area contributed by atoms with Gasteiger partial charge in [-0.15, -0.1) is 0 Å². The second-order valence-electron chi connectivity index (χ2n) is 4.25. The van der Waals surface area contributed by atoms with E-state index in [-0.39, 0.29) is 6.04 Å². The highest BCUT2D eigenvalue weighted by molar-refractivity contribution is 9.10. The van der Waals surface area contributed by atoms with Crippen LogP contribution in [0.5, 0.6) is 0 Å². The van der Waals surface area contributed by atoms with E-state index in [1.165, 1.54) is 5.57 Å². The van der Waals surface area contributed by atoms with Gasteiger partial charge in [-0.05, 0) is 48.3 Å². The molecule has 1 aromatic heterocycles. The van der Waals surface area contributed by atoms with Gasteiger partial charge in [0.25, 0.3) is 0 Å². The summed E-state index contributed by atoms with van der Waals surface area (Å²) in [5.74, 6) is 0.964. The molecule has 1 aliphatic heterocycles. The second kappa shape index (κ2) is 6.38. The van der Waals surface area contributed by atoms with Crippen molar-refractivity contribution in [1.29, 1.82) is 0 Å². The van der Waals surface area contributed by atoms with Crippen LogP contribution < -0.4 is 5.32 Å². The van der Waals surface area contributed by atoms with Gasteiger partial charge < -0.3 is 14.5 Å². The Morgan fingerprint density at radius 1 is 1.53 bits per heavy atom. The summed E-state index contributed by atoms with van der Waals surface area (Å²) in [6.07, 6.45) is 6.06. The van der Waals surface area contributed by atoms with Gasteiger partial charge in [-0.25, -0.2) is 0 Å². The molecule has 1 atom stereocenters. The van der Waals surface area contributed by atoms with E-state index in [0.29, 0.717) is 0 Å². The van der Waals surface area contributed by atoms with Crippen molar-refractivity contribution in [3.8, 4) is 0 Å². The second-order valence-corrected chi connectivity index (χ2v) is 5.10. The lowest BCUT2D eigenvalue weighted by atomic mass is 10.1. The molecule has 17 heavy (non-hydrogen) atoms. The van der Waals surface area contributed by atoms with Crippen LogP contribution in [0.15, 0.2) is 32.9 Å². The zero-order valence-electron chi connectivity index (χ0n) is 10.0. The maximum absolute atomic E-state index is 5.42. The van der Waals surface area contributed by atoms with Gasteiger partial charge in [0.05, 0.1) is 30.0 Å². The van der Waals surface area contributed by atoms with Crippen LogP contribution in [0, 0.1) is 0 Å². The van der Waals surface area contributed by atoms with E-state index >= 15 is 0 Å². The summed E-state index contributed by atoms with van der Waals surface area (Å²) in [5.41, 5.74) is 1.49. The molecule has 0 aromatic carbocycles. The van der Waals surface area contributed by atoms with Crippen molar-refractivity contribution in [2.45, 2.75) is 25.8 Å². The predicted octanol–water partition coefficient (Wildman–Crippen LogP) is 3.43. The summed E-state index contributed by atoms with van der Waals surface area (Å²) >= 11 is 3.47. The molecule has 1 aliphatic rings. The highest BCUT2D eigenvalue weighted by atomic mass is 79.9. The minimum atomic E-state index is 0.236. The normalized spacial score (nSPS) is 17.9. The largest absolute Gasteiger partial charge is 0.466 e. The van der Waals surface area contributed by atoms with E-state index in [1.54, 1.807) is 6.26 Å². The summed E-state index contributed by atoms with van der Waals surface area (Å²) in [7, 11) is 0. The Hall–Kier alpha value is -0.580. The Morgan fingerprint density at radius 2 is 2.41 bits per heavy atom. The molecule has 0 bridgehead atoms. The van der Waals surface area contributed by atoms with Gasteiger partial charge in [0.15, 0.2) is 0 Å². The third-order valence-electron chi connectivity index (χ3n) is 2.99. The van der Waals surface area contributed by atoms with Gasteiger partial charge in [-0.1, -0.05) is 11.6 Å². The SMILES string of the molecule is C[C@H](NCCC1=CCOCC1)c1occc1Br. The number of hydrogen-bond acceptors (Lipinski definition) is 3. The van der Waals surface area contributed by atoms with Crippen LogP contribution in [0.1, 0.15) is 31.6 Å². The average molecular weight is 300 g/mol. The van der Waals surface area contributed by atoms with Crippen molar-refractivity contribution in [3.05, 3.63) is 34.2 Å². The monoisotopic (exact) mass is 299 g/mol. The molecule has 3 nitrogen and oxygen atoms in total. The van der Waals surface area contributed by atoms with Gasteiger partial charge in [-0.2, -0.15) is 0 Å². The van der Waals surface area contributed by atoms with Crippen molar-refractivity contribution < 1.29 is 9.15 Å². The van der Waals surface area contributed by atoms with E-state index in [1.807, 2.05) is 6.07 Å². The van der Waals surface area contributed by atoms with Crippen LogP contribution in [0.3, 0.4) is 0 Å². The fourth-order valence-corrected chi connectivity index (χ4v) is 2.49. The quantitative estimate of drug-likeness (QED) is 0.846. The predicted molar refractivity (Wildman–Crippen MR) is 71.0 cm³/mol. The zero-order chi connectivity index (χ0) is 12.1. The zero-order valence-corrected chi connectivity index (χ0v) is 11.6.